The van der Waals surface area contributed by atoms with E-state index < -0.39 is 0 Å². The van der Waals surface area contributed by atoms with Crippen LogP contribution < -0.4 is 11.1 Å². The maximum absolute atomic E-state index is 5.63. The largest absolute Gasteiger partial charge is 0.368 e. The summed E-state index contributed by atoms with van der Waals surface area (Å²) in [6.07, 6.45) is 4.51. The second-order valence-electron chi connectivity index (χ2n) is 4.35. The van der Waals surface area contributed by atoms with Crippen LogP contribution in [0, 0.1) is 0 Å². The molecule has 0 saturated carbocycles. The number of nitrogens with zero attached hydrogens (tertiary/aromatic N) is 5. The van der Waals surface area contributed by atoms with Gasteiger partial charge in [-0.3, -0.25) is 4.40 Å². The minimum absolute atomic E-state index is 0.260. The number of hydrogen-bond donors (Lipinski definition) is 2. The van der Waals surface area contributed by atoms with Crippen LogP contribution in [0.5, 0.6) is 0 Å². The minimum Gasteiger partial charge on any atom is -0.368 e. The highest BCUT2D eigenvalue weighted by Gasteiger charge is 2.07. The third-order valence-electron chi connectivity index (χ3n) is 3.06. The van der Waals surface area contributed by atoms with Gasteiger partial charge in [0.15, 0.2) is 11.5 Å². The van der Waals surface area contributed by atoms with E-state index in [9.17, 15) is 0 Å². The molecule has 0 spiro atoms. The van der Waals surface area contributed by atoms with Gasteiger partial charge in [-0.05, 0) is 18.6 Å². The molecule has 20 heavy (non-hydrogen) atoms. The molecule has 0 aliphatic carbocycles. The van der Waals surface area contributed by atoms with Crippen LogP contribution in [0.2, 0.25) is 0 Å². The van der Waals surface area contributed by atoms with Crippen LogP contribution in [0.1, 0.15) is 18.3 Å². The fourth-order valence-electron chi connectivity index (χ4n) is 2.01. The van der Waals surface area contributed by atoms with Crippen LogP contribution in [-0.4, -0.2) is 24.6 Å². The van der Waals surface area contributed by atoms with E-state index in [1.54, 1.807) is 6.20 Å². The highest BCUT2D eigenvalue weighted by Crippen LogP contribution is 2.14. The number of anilines is 2. The Kier molecular flexibility index (Phi) is 3.16. The van der Waals surface area contributed by atoms with Gasteiger partial charge in [0.25, 0.3) is 0 Å². The summed E-state index contributed by atoms with van der Waals surface area (Å²) in [6, 6.07) is 5.79. The van der Waals surface area contributed by atoms with Crippen molar-refractivity contribution in [1.29, 1.82) is 0 Å². The van der Waals surface area contributed by atoms with Gasteiger partial charge in [-0.2, -0.15) is 4.98 Å². The first kappa shape index (κ1) is 12.3. The van der Waals surface area contributed by atoms with Crippen LogP contribution in [0.15, 0.2) is 30.6 Å². The number of nitrogen functional groups attached to an aromatic ring is 1. The molecule has 0 unspecified atom stereocenters. The zero-order valence-electron chi connectivity index (χ0n) is 11.1. The van der Waals surface area contributed by atoms with Crippen molar-refractivity contribution in [3.05, 3.63) is 42.0 Å². The summed E-state index contributed by atoms with van der Waals surface area (Å²) in [4.78, 5) is 8.22. The summed E-state index contributed by atoms with van der Waals surface area (Å²) in [5.41, 5.74) is 7.47. The number of fused-ring (bicyclic) bond motifs is 1. The average Bonchev–Trinajstić information content (AvgIpc) is 2.88. The summed E-state index contributed by atoms with van der Waals surface area (Å²) >= 11 is 0. The molecule has 0 aromatic carbocycles. The Balaban J connectivity index is 1.84. The molecule has 3 heterocycles. The Morgan fingerprint density at radius 3 is 3.05 bits per heavy atom. The van der Waals surface area contributed by atoms with Gasteiger partial charge in [0.2, 0.25) is 5.95 Å². The third-order valence-corrected chi connectivity index (χ3v) is 3.06. The lowest BCUT2D eigenvalue weighted by molar-refractivity contribution is 0.904. The summed E-state index contributed by atoms with van der Waals surface area (Å²) < 4.78 is 1.93. The van der Waals surface area contributed by atoms with Gasteiger partial charge in [-0.25, -0.2) is 4.98 Å². The smallest absolute Gasteiger partial charge is 0.221 e. The zero-order chi connectivity index (χ0) is 13.9. The van der Waals surface area contributed by atoms with Crippen LogP contribution in [0.3, 0.4) is 0 Å². The molecule has 0 saturated heterocycles. The van der Waals surface area contributed by atoms with Crippen molar-refractivity contribution >= 4 is 17.4 Å². The lowest BCUT2D eigenvalue weighted by Gasteiger charge is -2.09. The second kappa shape index (κ2) is 5.12. The van der Waals surface area contributed by atoms with E-state index in [0.717, 1.165) is 29.3 Å². The highest BCUT2D eigenvalue weighted by atomic mass is 15.3. The van der Waals surface area contributed by atoms with E-state index in [1.807, 2.05) is 35.7 Å². The third kappa shape index (κ3) is 2.25. The molecule has 3 N–H and O–H groups in total. The molecule has 0 aliphatic rings. The maximum Gasteiger partial charge on any atom is 0.221 e. The van der Waals surface area contributed by atoms with E-state index in [0.29, 0.717) is 6.54 Å². The molecule has 7 heteroatoms. The van der Waals surface area contributed by atoms with Crippen molar-refractivity contribution in [2.24, 2.45) is 0 Å². The number of pyridine rings is 1. The van der Waals surface area contributed by atoms with Crippen LogP contribution in [0.25, 0.3) is 5.65 Å². The van der Waals surface area contributed by atoms with Crippen molar-refractivity contribution in [2.45, 2.75) is 19.9 Å². The first-order valence-electron chi connectivity index (χ1n) is 6.42. The van der Waals surface area contributed by atoms with Gasteiger partial charge >= 0.3 is 0 Å². The summed E-state index contributed by atoms with van der Waals surface area (Å²) in [5, 5.41) is 11.5. The minimum atomic E-state index is 0.260. The Hall–Kier alpha value is -2.70. The Morgan fingerprint density at radius 1 is 1.30 bits per heavy atom. The predicted molar refractivity (Wildman–Crippen MR) is 76.1 cm³/mol. The Morgan fingerprint density at radius 2 is 2.20 bits per heavy atom. The van der Waals surface area contributed by atoms with E-state index in [4.69, 9.17) is 5.73 Å². The zero-order valence-corrected chi connectivity index (χ0v) is 11.1. The molecule has 0 bridgehead atoms. The fraction of sp³-hybridized carbons (Fsp3) is 0.231. The number of aromatic nitrogens is 5. The molecule has 0 radical (unpaired) electrons. The summed E-state index contributed by atoms with van der Waals surface area (Å²) in [5.74, 6) is 1.82. The number of nitrogens with two attached hydrogens (primary N) is 1. The van der Waals surface area contributed by atoms with Crippen LogP contribution >= 0.6 is 0 Å². The highest BCUT2D eigenvalue weighted by molar-refractivity contribution is 5.46. The van der Waals surface area contributed by atoms with Gasteiger partial charge in [-0.15, -0.1) is 10.2 Å². The first-order valence-corrected chi connectivity index (χ1v) is 6.42. The van der Waals surface area contributed by atoms with E-state index in [2.05, 4.69) is 25.5 Å². The average molecular weight is 269 g/mol. The summed E-state index contributed by atoms with van der Waals surface area (Å²) in [7, 11) is 0. The standard InChI is InChI=1S/C13H15N7/c1-2-9-7-16-13(14)17-12(9)15-8-11-19-18-10-5-3-4-6-20(10)11/h3-7H,2,8H2,1H3,(H3,14,15,16,17). The lowest BCUT2D eigenvalue weighted by Crippen LogP contribution is -2.09. The molecule has 7 nitrogen and oxygen atoms in total. The summed E-state index contributed by atoms with van der Waals surface area (Å²) in [6.45, 7) is 2.57. The normalized spacial score (nSPS) is 10.8. The fourth-order valence-corrected chi connectivity index (χ4v) is 2.01. The van der Waals surface area contributed by atoms with Crippen molar-refractivity contribution in [1.82, 2.24) is 24.6 Å². The predicted octanol–water partition coefficient (Wildman–Crippen LogP) is 1.28. The molecule has 0 atom stereocenters. The SMILES string of the molecule is CCc1cnc(N)nc1NCc1nnc2ccccn12. The quantitative estimate of drug-likeness (QED) is 0.741. The van der Waals surface area contributed by atoms with Crippen molar-refractivity contribution in [2.75, 3.05) is 11.1 Å². The second-order valence-corrected chi connectivity index (χ2v) is 4.35. The van der Waals surface area contributed by atoms with E-state index >= 15 is 0 Å². The number of nitrogens with one attached hydrogen (secondary N) is 1. The van der Waals surface area contributed by atoms with Crippen molar-refractivity contribution in [3.63, 3.8) is 0 Å². The number of rotatable bonds is 4. The number of aryl methyl sites for hydroxylation is 1. The van der Waals surface area contributed by atoms with Crippen LogP contribution in [-0.2, 0) is 13.0 Å². The maximum atomic E-state index is 5.63. The van der Waals surface area contributed by atoms with Gasteiger partial charge in [-0.1, -0.05) is 13.0 Å². The van der Waals surface area contributed by atoms with Gasteiger partial charge < -0.3 is 11.1 Å². The lowest BCUT2D eigenvalue weighted by atomic mass is 10.2. The molecule has 0 aliphatic heterocycles. The number of hydrogen-bond acceptors (Lipinski definition) is 6. The van der Waals surface area contributed by atoms with E-state index in [-0.39, 0.29) is 5.95 Å². The first-order chi connectivity index (χ1) is 9.78. The van der Waals surface area contributed by atoms with Gasteiger partial charge in [0.05, 0.1) is 6.54 Å². The van der Waals surface area contributed by atoms with E-state index in [1.165, 1.54) is 0 Å². The molecule has 3 aromatic rings. The Bertz CT molecular complexity index is 734. The molecular weight excluding hydrogens is 254 g/mol. The molecule has 0 fully saturated rings. The van der Waals surface area contributed by atoms with Gasteiger partial charge in [0.1, 0.15) is 5.82 Å². The molecule has 3 aromatic heterocycles. The molecule has 0 amide bonds. The van der Waals surface area contributed by atoms with Crippen LogP contribution in [0.4, 0.5) is 11.8 Å². The molecule has 3 rings (SSSR count). The van der Waals surface area contributed by atoms with Gasteiger partial charge in [0, 0.05) is 18.0 Å². The molecular formula is C13H15N7. The van der Waals surface area contributed by atoms with Crippen molar-refractivity contribution < 1.29 is 0 Å². The Labute approximate surface area is 115 Å². The monoisotopic (exact) mass is 269 g/mol. The van der Waals surface area contributed by atoms with Crippen molar-refractivity contribution in [3.8, 4) is 0 Å². The topological polar surface area (TPSA) is 94.0 Å². The molecule has 102 valence electrons.